The van der Waals surface area contributed by atoms with Gasteiger partial charge in [0.2, 0.25) is 0 Å². The molecular weight excluding hydrogens is 288 g/mol. The van der Waals surface area contributed by atoms with E-state index in [1.807, 2.05) is 0 Å². The number of hydrogen-bond acceptors (Lipinski definition) is 3. The number of halogens is 3. The Labute approximate surface area is 120 Å². The van der Waals surface area contributed by atoms with Crippen molar-refractivity contribution in [2.24, 2.45) is 0 Å². The Morgan fingerprint density at radius 3 is 2.47 bits per heavy atom. The van der Waals surface area contributed by atoms with Crippen molar-refractivity contribution in [3.8, 4) is 11.3 Å². The molecule has 0 saturated carbocycles. The Balaban J connectivity index is 2.63. The molecule has 1 aromatic carbocycles. The van der Waals surface area contributed by atoms with Crippen LogP contribution in [0.25, 0.3) is 11.3 Å². The second-order valence-corrected chi connectivity index (χ2v) is 5.06. The summed E-state index contributed by atoms with van der Waals surface area (Å²) in [6, 6.07) is 4.73. The lowest BCUT2D eigenvalue weighted by atomic mass is 10.1. The first-order valence-corrected chi connectivity index (χ1v) is 6.24. The zero-order valence-corrected chi connectivity index (χ0v) is 11.9. The molecule has 1 heterocycles. The summed E-state index contributed by atoms with van der Waals surface area (Å²) in [5, 5.41) is 0.680. The van der Waals surface area contributed by atoms with Gasteiger partial charge in [0, 0.05) is 25.9 Å². The third kappa shape index (κ3) is 2.60. The average Bonchev–Trinajstić information content (AvgIpc) is 2.33. The van der Waals surface area contributed by atoms with Gasteiger partial charge in [-0.25, -0.2) is 4.39 Å². The molecule has 0 aliphatic carbocycles. The lowest BCUT2D eigenvalue weighted by Crippen LogP contribution is -2.12. The molecule has 0 spiro atoms. The molecule has 2 rings (SSSR count). The standard InChI is InChI=1S/C13H12Cl2FN3/c1-19(2)13-8(14)4-3-7(12(13)16)11-5-10(17)9(15)6-18-11/h3-6H,1-2H3,(H2,17,18). The fourth-order valence-electron chi connectivity index (χ4n) is 1.75. The van der Waals surface area contributed by atoms with E-state index < -0.39 is 5.82 Å². The molecule has 0 aliphatic rings. The topological polar surface area (TPSA) is 42.1 Å². The molecule has 0 radical (unpaired) electrons. The minimum Gasteiger partial charge on any atom is -0.397 e. The second kappa shape index (κ2) is 5.23. The summed E-state index contributed by atoms with van der Waals surface area (Å²) in [6.07, 6.45) is 1.40. The first-order valence-electron chi connectivity index (χ1n) is 5.48. The van der Waals surface area contributed by atoms with Crippen molar-refractivity contribution in [2.75, 3.05) is 24.7 Å². The van der Waals surface area contributed by atoms with Crippen molar-refractivity contribution in [3.05, 3.63) is 40.3 Å². The van der Waals surface area contributed by atoms with Crippen molar-refractivity contribution in [2.45, 2.75) is 0 Å². The van der Waals surface area contributed by atoms with Crippen molar-refractivity contribution in [3.63, 3.8) is 0 Å². The number of benzene rings is 1. The molecule has 0 atom stereocenters. The van der Waals surface area contributed by atoms with Crippen molar-refractivity contribution >= 4 is 34.6 Å². The van der Waals surface area contributed by atoms with Crippen LogP contribution in [-0.2, 0) is 0 Å². The lowest BCUT2D eigenvalue weighted by molar-refractivity contribution is 0.629. The SMILES string of the molecule is CN(C)c1c(Cl)ccc(-c2cc(N)c(Cl)cn2)c1F. The highest BCUT2D eigenvalue weighted by atomic mass is 35.5. The van der Waals surface area contributed by atoms with E-state index in [0.29, 0.717) is 32.7 Å². The molecule has 6 heteroatoms. The average molecular weight is 300 g/mol. The summed E-state index contributed by atoms with van der Waals surface area (Å²) in [6.45, 7) is 0. The van der Waals surface area contributed by atoms with Crippen LogP contribution in [-0.4, -0.2) is 19.1 Å². The van der Waals surface area contributed by atoms with Crippen LogP contribution in [0.1, 0.15) is 0 Å². The summed E-state index contributed by atoms with van der Waals surface area (Å²) in [5.41, 5.74) is 7.12. The van der Waals surface area contributed by atoms with Gasteiger partial charge in [0.1, 0.15) is 0 Å². The van der Waals surface area contributed by atoms with E-state index in [1.54, 1.807) is 31.1 Å². The van der Waals surface area contributed by atoms with Gasteiger partial charge in [-0.05, 0) is 18.2 Å². The third-order valence-corrected chi connectivity index (χ3v) is 3.30. The first kappa shape index (κ1) is 13.9. The van der Waals surface area contributed by atoms with Gasteiger partial charge in [-0.15, -0.1) is 0 Å². The van der Waals surface area contributed by atoms with Crippen LogP contribution in [0.4, 0.5) is 15.8 Å². The van der Waals surface area contributed by atoms with Gasteiger partial charge in [-0.2, -0.15) is 0 Å². The fourth-order valence-corrected chi connectivity index (χ4v) is 2.17. The van der Waals surface area contributed by atoms with Crippen molar-refractivity contribution < 1.29 is 4.39 Å². The number of nitrogens with two attached hydrogens (primary N) is 1. The Morgan fingerprint density at radius 2 is 1.89 bits per heavy atom. The largest absolute Gasteiger partial charge is 0.397 e. The summed E-state index contributed by atoms with van der Waals surface area (Å²) in [5.74, 6) is -0.438. The highest BCUT2D eigenvalue weighted by Crippen LogP contribution is 2.35. The molecule has 2 aromatic rings. The maximum Gasteiger partial charge on any atom is 0.157 e. The number of hydrogen-bond donors (Lipinski definition) is 1. The third-order valence-electron chi connectivity index (χ3n) is 2.68. The van der Waals surface area contributed by atoms with Gasteiger partial charge in [0.05, 0.1) is 27.1 Å². The lowest BCUT2D eigenvalue weighted by Gasteiger charge is -2.17. The van der Waals surface area contributed by atoms with E-state index in [9.17, 15) is 4.39 Å². The van der Waals surface area contributed by atoms with Crippen LogP contribution >= 0.6 is 23.2 Å². The number of anilines is 2. The quantitative estimate of drug-likeness (QED) is 0.916. The smallest absolute Gasteiger partial charge is 0.157 e. The number of rotatable bonds is 2. The molecule has 100 valence electrons. The zero-order valence-electron chi connectivity index (χ0n) is 10.4. The molecule has 1 aromatic heterocycles. The van der Waals surface area contributed by atoms with E-state index in [1.165, 1.54) is 12.3 Å². The Morgan fingerprint density at radius 1 is 1.21 bits per heavy atom. The molecule has 19 heavy (non-hydrogen) atoms. The molecule has 0 bridgehead atoms. The summed E-state index contributed by atoms with van der Waals surface area (Å²) >= 11 is 11.8. The summed E-state index contributed by atoms with van der Waals surface area (Å²) in [7, 11) is 3.44. The van der Waals surface area contributed by atoms with Gasteiger partial charge in [0.25, 0.3) is 0 Å². The zero-order chi connectivity index (χ0) is 14.2. The second-order valence-electron chi connectivity index (χ2n) is 4.24. The van der Waals surface area contributed by atoms with Crippen LogP contribution in [0, 0.1) is 5.82 Å². The van der Waals surface area contributed by atoms with E-state index >= 15 is 0 Å². The van der Waals surface area contributed by atoms with E-state index in [4.69, 9.17) is 28.9 Å². The summed E-state index contributed by atoms with van der Waals surface area (Å²) in [4.78, 5) is 5.70. The molecule has 0 unspecified atom stereocenters. The first-order chi connectivity index (χ1) is 8.91. The fraction of sp³-hybridized carbons (Fsp3) is 0.154. The Kier molecular flexibility index (Phi) is 3.83. The van der Waals surface area contributed by atoms with Crippen molar-refractivity contribution in [1.29, 1.82) is 0 Å². The van der Waals surface area contributed by atoms with Crippen LogP contribution < -0.4 is 10.6 Å². The van der Waals surface area contributed by atoms with Gasteiger partial charge in [-0.3, -0.25) is 4.98 Å². The molecular formula is C13H12Cl2FN3. The number of aromatic nitrogens is 1. The van der Waals surface area contributed by atoms with E-state index in [2.05, 4.69) is 4.98 Å². The van der Waals surface area contributed by atoms with Gasteiger partial charge < -0.3 is 10.6 Å². The van der Waals surface area contributed by atoms with E-state index in [-0.39, 0.29) is 0 Å². The van der Waals surface area contributed by atoms with Gasteiger partial charge in [0.15, 0.2) is 5.82 Å². The maximum atomic E-state index is 14.5. The number of nitrogen functional groups attached to an aromatic ring is 1. The molecule has 0 saturated heterocycles. The van der Waals surface area contributed by atoms with Crippen LogP contribution in [0.2, 0.25) is 10.0 Å². The predicted molar refractivity (Wildman–Crippen MR) is 78.4 cm³/mol. The molecule has 0 amide bonds. The molecule has 0 aliphatic heterocycles. The van der Waals surface area contributed by atoms with Gasteiger partial charge in [-0.1, -0.05) is 23.2 Å². The molecule has 0 fully saturated rings. The Hall–Kier alpha value is -1.52. The predicted octanol–water partition coefficient (Wildman–Crippen LogP) is 3.84. The van der Waals surface area contributed by atoms with Crippen molar-refractivity contribution in [1.82, 2.24) is 4.98 Å². The monoisotopic (exact) mass is 299 g/mol. The van der Waals surface area contributed by atoms with Crippen LogP contribution in [0.15, 0.2) is 24.4 Å². The number of pyridine rings is 1. The van der Waals surface area contributed by atoms with E-state index in [0.717, 1.165) is 0 Å². The highest BCUT2D eigenvalue weighted by Gasteiger charge is 2.16. The minimum absolute atomic E-state index is 0.314. The minimum atomic E-state index is -0.438. The van der Waals surface area contributed by atoms with Crippen LogP contribution in [0.3, 0.4) is 0 Å². The maximum absolute atomic E-state index is 14.5. The number of nitrogens with zero attached hydrogens (tertiary/aromatic N) is 2. The highest BCUT2D eigenvalue weighted by molar-refractivity contribution is 6.33. The van der Waals surface area contributed by atoms with Gasteiger partial charge >= 0.3 is 0 Å². The van der Waals surface area contributed by atoms with Crippen LogP contribution in [0.5, 0.6) is 0 Å². The molecule has 2 N–H and O–H groups in total. The Bertz CT molecular complexity index is 630. The molecule has 3 nitrogen and oxygen atoms in total. The summed E-state index contributed by atoms with van der Waals surface area (Å²) < 4.78 is 14.5. The normalized spacial score (nSPS) is 10.6.